The zero-order valence-corrected chi connectivity index (χ0v) is 18.1. The third kappa shape index (κ3) is 5.96. The van der Waals surface area contributed by atoms with E-state index in [1.54, 1.807) is 29.2 Å². The molecule has 0 aliphatic carbocycles. The number of ether oxygens (including phenoxy) is 1. The molecule has 1 N–H and O–H groups in total. The minimum atomic E-state index is -0.272. The minimum absolute atomic E-state index is 0.156. The maximum Gasteiger partial charge on any atom is 0.261 e. The van der Waals surface area contributed by atoms with Gasteiger partial charge < -0.3 is 15.0 Å². The molecule has 1 atom stereocenters. The zero-order valence-electron chi connectivity index (χ0n) is 18.1. The first-order valence-corrected chi connectivity index (χ1v) is 10.3. The number of hydrogen-bond acceptors (Lipinski definition) is 4. The maximum absolute atomic E-state index is 13.2. The van der Waals surface area contributed by atoms with Gasteiger partial charge in [0.2, 0.25) is 5.91 Å². The lowest BCUT2D eigenvalue weighted by molar-refractivity contribution is -0.136. The second-order valence-corrected chi connectivity index (χ2v) is 7.39. The average molecular weight is 428 g/mol. The fourth-order valence-electron chi connectivity index (χ4n) is 3.39. The summed E-state index contributed by atoms with van der Waals surface area (Å²) in [7, 11) is 0. The van der Waals surface area contributed by atoms with Crippen molar-refractivity contribution in [3.8, 4) is 11.8 Å². The van der Waals surface area contributed by atoms with Crippen LogP contribution in [-0.2, 0) is 16.1 Å². The van der Waals surface area contributed by atoms with Crippen molar-refractivity contribution in [3.05, 3.63) is 95.6 Å². The van der Waals surface area contributed by atoms with E-state index in [2.05, 4.69) is 11.4 Å². The summed E-state index contributed by atoms with van der Waals surface area (Å²) in [6, 6.07) is 25.8. The first-order valence-electron chi connectivity index (χ1n) is 10.3. The van der Waals surface area contributed by atoms with Gasteiger partial charge in [-0.25, -0.2) is 0 Å². The number of amides is 2. The van der Waals surface area contributed by atoms with Gasteiger partial charge in [0, 0.05) is 19.2 Å². The van der Waals surface area contributed by atoms with E-state index in [4.69, 9.17) is 4.74 Å². The second-order valence-electron chi connectivity index (χ2n) is 7.39. The Bertz CT molecular complexity index is 1120. The van der Waals surface area contributed by atoms with Crippen molar-refractivity contribution >= 4 is 17.5 Å². The molecule has 2 amide bonds. The Hall–Kier alpha value is -4.11. The lowest BCUT2D eigenvalue weighted by Crippen LogP contribution is -2.36. The van der Waals surface area contributed by atoms with Gasteiger partial charge in [-0.15, -0.1) is 0 Å². The molecule has 3 aromatic rings. The first-order chi connectivity index (χ1) is 15.5. The third-order valence-electron chi connectivity index (χ3n) is 5.03. The van der Waals surface area contributed by atoms with Gasteiger partial charge in [-0.05, 0) is 42.3 Å². The van der Waals surface area contributed by atoms with Gasteiger partial charge in [0.15, 0.2) is 6.61 Å². The largest absolute Gasteiger partial charge is 0.482 e. The molecule has 162 valence electrons. The van der Waals surface area contributed by atoms with Crippen molar-refractivity contribution in [3.63, 3.8) is 0 Å². The second kappa shape index (κ2) is 10.8. The summed E-state index contributed by atoms with van der Waals surface area (Å²) < 4.78 is 5.70. The predicted octanol–water partition coefficient (Wildman–Crippen LogP) is 4.69. The molecule has 3 aromatic carbocycles. The average Bonchev–Trinajstić information content (AvgIpc) is 2.81. The van der Waals surface area contributed by atoms with E-state index in [0.29, 0.717) is 23.5 Å². The highest BCUT2D eigenvalue weighted by molar-refractivity contribution is 5.88. The smallest absolute Gasteiger partial charge is 0.261 e. The van der Waals surface area contributed by atoms with Crippen LogP contribution in [0.2, 0.25) is 0 Å². The molecule has 6 heteroatoms. The monoisotopic (exact) mass is 427 g/mol. The number of anilines is 1. The summed E-state index contributed by atoms with van der Waals surface area (Å²) >= 11 is 0. The number of hydrogen-bond donors (Lipinski definition) is 1. The van der Waals surface area contributed by atoms with E-state index in [-0.39, 0.29) is 24.5 Å². The van der Waals surface area contributed by atoms with Gasteiger partial charge in [0.05, 0.1) is 11.6 Å². The van der Waals surface area contributed by atoms with E-state index in [0.717, 1.165) is 11.1 Å². The zero-order chi connectivity index (χ0) is 22.9. The lowest BCUT2D eigenvalue weighted by atomic mass is 10.0. The molecule has 0 aromatic heterocycles. The maximum atomic E-state index is 13.2. The van der Waals surface area contributed by atoms with E-state index in [1.807, 2.05) is 61.5 Å². The predicted molar refractivity (Wildman–Crippen MR) is 123 cm³/mol. The van der Waals surface area contributed by atoms with E-state index in [1.165, 1.54) is 6.92 Å². The molecule has 6 nitrogen and oxygen atoms in total. The van der Waals surface area contributed by atoms with Gasteiger partial charge in [0.25, 0.3) is 5.91 Å². The molecular formula is C26H25N3O3. The van der Waals surface area contributed by atoms with Crippen molar-refractivity contribution in [1.29, 1.82) is 5.26 Å². The standard InChI is InChI=1S/C26H25N3O3/c1-19(22-12-8-13-24(15-22)28-20(2)30)29(17-21-9-4-3-5-10-21)26(31)18-32-25-14-7-6-11-23(25)16-27/h3-15,19H,17-18H2,1-2H3,(H,28,30). The van der Waals surface area contributed by atoms with Crippen molar-refractivity contribution in [2.45, 2.75) is 26.4 Å². The van der Waals surface area contributed by atoms with Crippen molar-refractivity contribution in [1.82, 2.24) is 4.90 Å². The number of benzene rings is 3. The molecule has 32 heavy (non-hydrogen) atoms. The summed E-state index contributed by atoms with van der Waals surface area (Å²) in [5.41, 5.74) is 2.93. The van der Waals surface area contributed by atoms with Crippen LogP contribution in [0, 0.1) is 11.3 Å². The Morgan fingerprint density at radius 2 is 1.75 bits per heavy atom. The van der Waals surface area contributed by atoms with Crippen LogP contribution in [0.15, 0.2) is 78.9 Å². The van der Waals surface area contributed by atoms with Crippen LogP contribution >= 0.6 is 0 Å². The Morgan fingerprint density at radius 3 is 2.47 bits per heavy atom. The molecule has 0 saturated heterocycles. The summed E-state index contributed by atoms with van der Waals surface area (Å²) in [5, 5.41) is 12.0. The van der Waals surface area contributed by atoms with Gasteiger partial charge in [0.1, 0.15) is 11.8 Å². The van der Waals surface area contributed by atoms with Crippen LogP contribution in [0.3, 0.4) is 0 Å². The normalized spacial score (nSPS) is 11.2. The van der Waals surface area contributed by atoms with Crippen LogP contribution in [0.5, 0.6) is 5.75 Å². The number of carbonyl (C=O) groups excluding carboxylic acids is 2. The number of nitrogens with zero attached hydrogens (tertiary/aromatic N) is 2. The Labute approximate surface area is 188 Å². The molecule has 0 aliphatic rings. The molecule has 3 rings (SSSR count). The molecule has 0 saturated carbocycles. The summed E-state index contributed by atoms with van der Waals surface area (Å²) in [5.74, 6) is 0.0129. The van der Waals surface area contributed by atoms with Crippen LogP contribution in [-0.4, -0.2) is 23.3 Å². The third-order valence-corrected chi connectivity index (χ3v) is 5.03. The fourth-order valence-corrected chi connectivity index (χ4v) is 3.39. The fraction of sp³-hybridized carbons (Fsp3) is 0.192. The Morgan fingerprint density at radius 1 is 1.03 bits per heavy atom. The van der Waals surface area contributed by atoms with E-state index >= 15 is 0 Å². The lowest BCUT2D eigenvalue weighted by Gasteiger charge is -2.30. The van der Waals surface area contributed by atoms with Gasteiger partial charge >= 0.3 is 0 Å². The molecule has 0 aliphatic heterocycles. The number of nitriles is 1. The first kappa shape index (κ1) is 22.6. The van der Waals surface area contributed by atoms with Crippen LogP contribution in [0.1, 0.15) is 36.6 Å². The quantitative estimate of drug-likeness (QED) is 0.566. The molecule has 1 unspecified atom stereocenters. The van der Waals surface area contributed by atoms with Gasteiger partial charge in [-0.1, -0.05) is 54.6 Å². The summed E-state index contributed by atoms with van der Waals surface area (Å²) in [6.07, 6.45) is 0. The molecule has 0 heterocycles. The number of para-hydroxylation sites is 1. The van der Waals surface area contributed by atoms with E-state index < -0.39 is 0 Å². The highest BCUT2D eigenvalue weighted by atomic mass is 16.5. The topological polar surface area (TPSA) is 82.4 Å². The SMILES string of the molecule is CC(=O)Nc1cccc(C(C)N(Cc2ccccc2)C(=O)COc2ccccc2C#N)c1. The number of nitrogens with one attached hydrogen (secondary N) is 1. The van der Waals surface area contributed by atoms with Crippen molar-refractivity contribution in [2.24, 2.45) is 0 Å². The van der Waals surface area contributed by atoms with Gasteiger partial charge in [-0.2, -0.15) is 5.26 Å². The van der Waals surface area contributed by atoms with Crippen molar-refractivity contribution in [2.75, 3.05) is 11.9 Å². The van der Waals surface area contributed by atoms with Crippen molar-refractivity contribution < 1.29 is 14.3 Å². The van der Waals surface area contributed by atoms with Crippen LogP contribution < -0.4 is 10.1 Å². The molecule has 0 radical (unpaired) electrons. The molecule has 0 spiro atoms. The summed E-state index contributed by atoms with van der Waals surface area (Å²) in [6.45, 7) is 3.60. The molecule has 0 fully saturated rings. The number of rotatable bonds is 8. The van der Waals surface area contributed by atoms with E-state index in [9.17, 15) is 14.9 Å². The minimum Gasteiger partial charge on any atom is -0.482 e. The molecular weight excluding hydrogens is 402 g/mol. The van der Waals surface area contributed by atoms with Crippen LogP contribution in [0.25, 0.3) is 0 Å². The number of carbonyl (C=O) groups is 2. The highest BCUT2D eigenvalue weighted by Crippen LogP contribution is 2.26. The molecule has 0 bridgehead atoms. The Balaban J connectivity index is 1.83. The van der Waals surface area contributed by atoms with Crippen LogP contribution in [0.4, 0.5) is 5.69 Å². The summed E-state index contributed by atoms with van der Waals surface area (Å²) in [4.78, 5) is 26.4. The Kier molecular flexibility index (Phi) is 7.60. The highest BCUT2D eigenvalue weighted by Gasteiger charge is 2.23. The van der Waals surface area contributed by atoms with Gasteiger partial charge in [-0.3, -0.25) is 9.59 Å².